The maximum atomic E-state index is 12.9. The van der Waals surface area contributed by atoms with Crippen LogP contribution < -0.4 is 4.74 Å². The third kappa shape index (κ3) is 4.00. The normalized spacial score (nSPS) is 11.1. The summed E-state index contributed by atoms with van der Waals surface area (Å²) in [6.45, 7) is 0. The smallest absolute Gasteiger partial charge is 0.379 e. The quantitative estimate of drug-likeness (QED) is 0.253. The van der Waals surface area contributed by atoms with Crippen LogP contribution in [0.15, 0.2) is 116 Å². The van der Waals surface area contributed by atoms with Crippen molar-refractivity contribution in [3.05, 3.63) is 109 Å². The topological polar surface area (TPSA) is 39.4 Å². The molecule has 0 spiro atoms. The van der Waals surface area contributed by atoms with Crippen LogP contribution in [0.4, 0.5) is 4.39 Å². The average Bonchev–Trinajstić information content (AvgIpc) is 3.18. The SMILES string of the molecule is O=C(Oc1ccc([SH](c2ccccc2)c2ccccc2)cc1)c1ccc(F)o1. The van der Waals surface area contributed by atoms with Crippen molar-refractivity contribution in [2.45, 2.75) is 14.7 Å². The van der Waals surface area contributed by atoms with Gasteiger partial charge in [-0.1, -0.05) is 36.4 Å². The third-order valence-corrected chi connectivity index (χ3v) is 6.55. The summed E-state index contributed by atoms with van der Waals surface area (Å²) in [5, 5.41) is 0. The maximum Gasteiger partial charge on any atom is 0.379 e. The summed E-state index contributed by atoms with van der Waals surface area (Å²) in [4.78, 5) is 15.6. The Labute approximate surface area is 164 Å². The fourth-order valence-electron chi connectivity index (χ4n) is 2.85. The van der Waals surface area contributed by atoms with Crippen molar-refractivity contribution >= 4 is 16.9 Å². The van der Waals surface area contributed by atoms with Crippen LogP contribution in [0.25, 0.3) is 0 Å². The molecule has 0 aliphatic carbocycles. The summed E-state index contributed by atoms with van der Waals surface area (Å²) < 4.78 is 22.8. The molecule has 0 unspecified atom stereocenters. The van der Waals surface area contributed by atoms with Crippen molar-refractivity contribution in [3.63, 3.8) is 0 Å². The Kier molecular flexibility index (Phi) is 5.26. The van der Waals surface area contributed by atoms with Gasteiger partial charge in [-0.3, -0.25) is 0 Å². The molecule has 4 rings (SSSR count). The van der Waals surface area contributed by atoms with Crippen molar-refractivity contribution in [2.75, 3.05) is 0 Å². The zero-order valence-corrected chi connectivity index (χ0v) is 15.7. The first-order chi connectivity index (χ1) is 13.7. The fourth-order valence-corrected chi connectivity index (χ4v) is 5.13. The van der Waals surface area contributed by atoms with Gasteiger partial charge in [0.05, 0.1) is 0 Å². The highest BCUT2D eigenvalue weighted by Crippen LogP contribution is 2.51. The molecule has 1 aromatic heterocycles. The Hall–Kier alpha value is -3.31. The van der Waals surface area contributed by atoms with E-state index in [1.54, 1.807) is 12.1 Å². The molecular formula is C23H17FO3S. The molecule has 28 heavy (non-hydrogen) atoms. The molecule has 0 bridgehead atoms. The zero-order chi connectivity index (χ0) is 19.3. The van der Waals surface area contributed by atoms with Gasteiger partial charge in [0.1, 0.15) is 5.75 Å². The lowest BCUT2D eigenvalue weighted by molar-refractivity contribution is 0.0692. The fraction of sp³-hybridized carbons (Fsp3) is 0. The lowest BCUT2D eigenvalue weighted by Gasteiger charge is -2.23. The monoisotopic (exact) mass is 392 g/mol. The highest BCUT2D eigenvalue weighted by molar-refractivity contribution is 8.17. The molecule has 0 N–H and O–H groups in total. The molecule has 4 aromatic rings. The number of esters is 1. The van der Waals surface area contributed by atoms with E-state index in [0.717, 1.165) is 11.0 Å². The number of halogens is 1. The van der Waals surface area contributed by atoms with Gasteiger partial charge in [0, 0.05) is 6.07 Å². The first-order valence-electron chi connectivity index (χ1n) is 8.68. The van der Waals surface area contributed by atoms with E-state index in [1.165, 1.54) is 15.9 Å². The first-order valence-corrected chi connectivity index (χ1v) is 10.0. The van der Waals surface area contributed by atoms with E-state index in [9.17, 15) is 9.18 Å². The molecule has 1 heterocycles. The highest BCUT2D eigenvalue weighted by Gasteiger charge is 2.15. The van der Waals surface area contributed by atoms with Gasteiger partial charge in [0.25, 0.3) is 6.01 Å². The van der Waals surface area contributed by atoms with E-state index in [-0.39, 0.29) is 5.76 Å². The predicted octanol–water partition coefficient (Wildman–Crippen LogP) is 6.12. The van der Waals surface area contributed by atoms with Crippen LogP contribution in [0.3, 0.4) is 0 Å². The summed E-state index contributed by atoms with van der Waals surface area (Å²) in [6, 6.07) is 29.5. The molecule has 0 fully saturated rings. The maximum absolute atomic E-state index is 12.9. The number of furan rings is 1. The average molecular weight is 392 g/mol. The molecule has 0 atom stereocenters. The number of thiol groups is 1. The van der Waals surface area contributed by atoms with Crippen LogP contribution in [-0.2, 0) is 0 Å². The molecule has 0 saturated heterocycles. The number of carbonyl (C=O) groups is 1. The van der Waals surface area contributed by atoms with Crippen molar-refractivity contribution in [3.8, 4) is 5.75 Å². The third-order valence-electron chi connectivity index (χ3n) is 4.11. The summed E-state index contributed by atoms with van der Waals surface area (Å²) in [5.74, 6) is -0.524. The van der Waals surface area contributed by atoms with E-state index in [1.807, 2.05) is 48.5 Å². The summed E-state index contributed by atoms with van der Waals surface area (Å²) in [7, 11) is -0.728. The van der Waals surface area contributed by atoms with Crippen LogP contribution in [-0.4, -0.2) is 5.97 Å². The summed E-state index contributed by atoms with van der Waals surface area (Å²) >= 11 is 0. The first kappa shape index (κ1) is 18.1. The molecule has 0 amide bonds. The highest BCUT2D eigenvalue weighted by atomic mass is 32.2. The Morgan fingerprint density at radius 1 is 0.714 bits per heavy atom. The number of benzene rings is 3. The van der Waals surface area contributed by atoms with Gasteiger partial charge in [0.15, 0.2) is 0 Å². The Morgan fingerprint density at radius 3 is 1.75 bits per heavy atom. The second-order valence-electron chi connectivity index (χ2n) is 5.99. The summed E-state index contributed by atoms with van der Waals surface area (Å²) in [6.07, 6.45) is 0. The zero-order valence-electron chi connectivity index (χ0n) is 14.8. The van der Waals surface area contributed by atoms with Crippen molar-refractivity contribution in [1.82, 2.24) is 0 Å². The standard InChI is InChI=1S/C23H17FO3S/c24-22-16-15-21(27-22)23(25)26-17-11-13-20(14-12-17)28(18-7-3-1-4-8-18)19-9-5-2-6-10-19/h1-16,28H. The molecule has 0 aliphatic rings. The minimum absolute atomic E-state index is 0.169. The minimum atomic E-state index is -0.821. The number of carbonyl (C=O) groups excluding carboxylic acids is 1. The van der Waals surface area contributed by atoms with Crippen LogP contribution in [0, 0.1) is 6.01 Å². The van der Waals surface area contributed by atoms with Gasteiger partial charge >= 0.3 is 5.97 Å². The predicted molar refractivity (Wildman–Crippen MR) is 107 cm³/mol. The van der Waals surface area contributed by atoms with Gasteiger partial charge in [-0.25, -0.2) is 4.79 Å². The minimum Gasteiger partial charge on any atom is -0.424 e. The van der Waals surface area contributed by atoms with Gasteiger partial charge in [0.2, 0.25) is 5.76 Å². The Balaban J connectivity index is 1.61. The lowest BCUT2D eigenvalue weighted by Crippen LogP contribution is -2.07. The lowest BCUT2D eigenvalue weighted by atomic mass is 10.3. The molecule has 0 aliphatic heterocycles. The number of hydrogen-bond acceptors (Lipinski definition) is 3. The van der Waals surface area contributed by atoms with E-state index in [4.69, 9.17) is 4.74 Å². The van der Waals surface area contributed by atoms with E-state index in [0.29, 0.717) is 5.75 Å². The largest absolute Gasteiger partial charge is 0.424 e. The molecular weight excluding hydrogens is 375 g/mol. The molecule has 3 aromatic carbocycles. The number of rotatable bonds is 5. The van der Waals surface area contributed by atoms with Crippen LogP contribution in [0.2, 0.25) is 0 Å². The number of hydrogen-bond donors (Lipinski definition) is 1. The van der Waals surface area contributed by atoms with Crippen LogP contribution in [0.5, 0.6) is 5.75 Å². The summed E-state index contributed by atoms with van der Waals surface area (Å²) in [5.41, 5.74) is 0. The molecule has 0 radical (unpaired) electrons. The van der Waals surface area contributed by atoms with E-state index < -0.39 is 22.9 Å². The van der Waals surface area contributed by atoms with Crippen molar-refractivity contribution in [1.29, 1.82) is 0 Å². The van der Waals surface area contributed by atoms with Gasteiger partial charge < -0.3 is 9.15 Å². The molecule has 0 saturated carbocycles. The van der Waals surface area contributed by atoms with Crippen molar-refractivity contribution < 1.29 is 18.3 Å². The van der Waals surface area contributed by atoms with Crippen LogP contribution in [0.1, 0.15) is 10.6 Å². The number of ether oxygens (including phenoxy) is 1. The molecule has 3 nitrogen and oxygen atoms in total. The molecule has 5 heteroatoms. The molecule has 140 valence electrons. The Morgan fingerprint density at radius 2 is 1.25 bits per heavy atom. The van der Waals surface area contributed by atoms with Gasteiger partial charge in [-0.15, -0.1) is 0 Å². The van der Waals surface area contributed by atoms with Crippen LogP contribution >= 0.6 is 10.9 Å². The Bertz CT molecular complexity index is 1020. The second-order valence-corrected chi connectivity index (χ2v) is 8.21. The van der Waals surface area contributed by atoms with Crippen molar-refractivity contribution in [2.24, 2.45) is 0 Å². The van der Waals surface area contributed by atoms with Gasteiger partial charge in [-0.05, 0) is 69.3 Å². The van der Waals surface area contributed by atoms with E-state index in [2.05, 4.69) is 28.7 Å². The second kappa shape index (κ2) is 8.15. The van der Waals surface area contributed by atoms with Gasteiger partial charge in [-0.2, -0.15) is 15.3 Å². The van der Waals surface area contributed by atoms with E-state index >= 15 is 0 Å².